The number of carbonyl (C=O) groups excluding carboxylic acids is 5. The molecule has 47 heavy (non-hydrogen) atoms. The van der Waals surface area contributed by atoms with Crippen molar-refractivity contribution < 1.29 is 38.0 Å². The SMILES string of the molecule is CC(C)C[C@H]1NC(=O)[C@@H](C)NC(=O)c2cc(on2)CN(C(=O)c2ccc3c(c2)OCO3)CCNC(=O)[C@@H](Cc2ccccc2)NC1=O. The summed E-state index contributed by atoms with van der Waals surface area (Å²) in [5, 5.41) is 14.8. The van der Waals surface area contributed by atoms with Crippen molar-refractivity contribution in [2.24, 2.45) is 5.92 Å². The Bertz CT molecular complexity index is 1620. The standard InChI is InChI=1S/C33H38N6O8/c1-19(2)13-24-31(42)37-25(14-21-7-5-4-6-8-21)30(41)34-11-12-39(33(44)22-9-10-27-28(15-22)46-18-45-27)17-23-16-26(38-47-23)32(43)35-20(3)29(40)36-24/h4-10,15-16,19-20,24-25H,11-14,17-18H2,1-3H3,(H,34,41)(H,35,43)(H,36,40)(H,37,42)/t20-,24-,25-/m1/s1. The third-order valence-electron chi connectivity index (χ3n) is 7.72. The normalized spacial score (nSPS) is 20.9. The molecule has 0 fully saturated rings. The van der Waals surface area contributed by atoms with Crippen molar-refractivity contribution in [1.82, 2.24) is 31.3 Å². The van der Waals surface area contributed by atoms with Gasteiger partial charge in [0.1, 0.15) is 18.1 Å². The van der Waals surface area contributed by atoms with E-state index in [1.807, 2.05) is 44.2 Å². The molecule has 2 aromatic carbocycles. The van der Waals surface area contributed by atoms with Gasteiger partial charge in [-0.25, -0.2) is 0 Å². The molecule has 0 saturated carbocycles. The summed E-state index contributed by atoms with van der Waals surface area (Å²) in [6, 6.07) is 12.4. The van der Waals surface area contributed by atoms with Gasteiger partial charge in [0.25, 0.3) is 11.8 Å². The second-order valence-corrected chi connectivity index (χ2v) is 11.9. The van der Waals surface area contributed by atoms with E-state index in [1.165, 1.54) is 17.9 Å². The number of hydrogen-bond acceptors (Lipinski definition) is 9. The lowest BCUT2D eigenvalue weighted by atomic mass is 10.0. The fraction of sp³-hybridized carbons (Fsp3) is 0.394. The molecule has 248 valence electrons. The van der Waals surface area contributed by atoms with Crippen molar-refractivity contribution in [3.8, 4) is 11.5 Å². The number of nitrogens with one attached hydrogen (secondary N) is 4. The first-order valence-corrected chi connectivity index (χ1v) is 15.4. The topological polar surface area (TPSA) is 181 Å². The number of benzene rings is 2. The Kier molecular flexibility index (Phi) is 10.4. The van der Waals surface area contributed by atoms with Crippen LogP contribution in [-0.2, 0) is 27.3 Å². The quantitative estimate of drug-likeness (QED) is 0.320. The van der Waals surface area contributed by atoms with Gasteiger partial charge in [0.2, 0.25) is 24.5 Å². The Morgan fingerprint density at radius 2 is 1.66 bits per heavy atom. The van der Waals surface area contributed by atoms with E-state index in [0.29, 0.717) is 23.5 Å². The molecule has 0 radical (unpaired) electrons. The van der Waals surface area contributed by atoms with Gasteiger partial charge < -0.3 is 40.2 Å². The van der Waals surface area contributed by atoms with Gasteiger partial charge in [-0.05, 0) is 43.0 Å². The lowest BCUT2D eigenvalue weighted by Gasteiger charge is -2.26. The minimum atomic E-state index is -1.03. The number of amides is 5. The first-order chi connectivity index (χ1) is 22.6. The number of aromatic nitrogens is 1. The highest BCUT2D eigenvalue weighted by atomic mass is 16.7. The monoisotopic (exact) mass is 646 g/mol. The van der Waals surface area contributed by atoms with Crippen LogP contribution in [0, 0.1) is 5.92 Å². The summed E-state index contributed by atoms with van der Waals surface area (Å²) in [4.78, 5) is 68.4. The summed E-state index contributed by atoms with van der Waals surface area (Å²) >= 11 is 0. The van der Waals surface area contributed by atoms with Gasteiger partial charge in [0.15, 0.2) is 23.0 Å². The van der Waals surface area contributed by atoms with Crippen LogP contribution >= 0.6 is 0 Å². The zero-order valence-electron chi connectivity index (χ0n) is 26.4. The van der Waals surface area contributed by atoms with E-state index >= 15 is 0 Å². The van der Waals surface area contributed by atoms with Gasteiger partial charge in [0.05, 0.1) is 6.54 Å². The fourth-order valence-electron chi connectivity index (χ4n) is 5.25. The maximum Gasteiger partial charge on any atom is 0.274 e. The minimum absolute atomic E-state index is 0.0250. The van der Waals surface area contributed by atoms with Crippen LogP contribution in [0.25, 0.3) is 0 Å². The van der Waals surface area contributed by atoms with Crippen molar-refractivity contribution >= 4 is 29.5 Å². The average Bonchev–Trinajstić information content (AvgIpc) is 3.72. The molecule has 2 bridgehead atoms. The van der Waals surface area contributed by atoms with Gasteiger partial charge >= 0.3 is 0 Å². The highest BCUT2D eigenvalue weighted by Gasteiger charge is 2.30. The zero-order chi connectivity index (χ0) is 33.5. The Hall–Kier alpha value is -5.40. The maximum absolute atomic E-state index is 13.7. The molecule has 3 heterocycles. The zero-order valence-corrected chi connectivity index (χ0v) is 26.4. The van der Waals surface area contributed by atoms with Gasteiger partial charge in [-0.15, -0.1) is 0 Å². The number of hydrogen-bond donors (Lipinski definition) is 4. The van der Waals surface area contributed by atoms with Crippen molar-refractivity contribution in [3.63, 3.8) is 0 Å². The van der Waals surface area contributed by atoms with E-state index in [4.69, 9.17) is 14.0 Å². The molecule has 3 aromatic rings. The second-order valence-electron chi connectivity index (χ2n) is 11.9. The third-order valence-corrected chi connectivity index (χ3v) is 7.72. The molecule has 3 atom stereocenters. The summed E-state index contributed by atoms with van der Waals surface area (Å²) in [5.74, 6) is -1.48. The van der Waals surface area contributed by atoms with Crippen LogP contribution in [0.1, 0.15) is 59.4 Å². The van der Waals surface area contributed by atoms with Crippen LogP contribution in [0.5, 0.6) is 11.5 Å². The molecule has 0 unspecified atom stereocenters. The second kappa shape index (κ2) is 14.8. The Balaban J connectivity index is 1.43. The van der Waals surface area contributed by atoms with E-state index < -0.39 is 47.7 Å². The molecule has 14 heteroatoms. The van der Waals surface area contributed by atoms with Crippen molar-refractivity contribution in [2.45, 2.75) is 58.3 Å². The number of nitrogens with zero attached hydrogens (tertiary/aromatic N) is 2. The van der Waals surface area contributed by atoms with Crippen LogP contribution in [0.2, 0.25) is 0 Å². The van der Waals surface area contributed by atoms with E-state index in [0.717, 1.165) is 5.56 Å². The van der Waals surface area contributed by atoms with Crippen molar-refractivity contribution in [2.75, 3.05) is 19.9 Å². The Labute approximate surface area is 271 Å². The average molecular weight is 647 g/mol. The summed E-state index contributed by atoms with van der Waals surface area (Å²) in [5.41, 5.74) is 1.03. The molecule has 0 aliphatic carbocycles. The van der Waals surface area contributed by atoms with E-state index in [9.17, 15) is 24.0 Å². The predicted molar refractivity (Wildman–Crippen MR) is 167 cm³/mol. The lowest BCUT2D eigenvalue weighted by Crippen LogP contribution is -2.57. The Morgan fingerprint density at radius 3 is 2.43 bits per heavy atom. The molecule has 2 aliphatic rings. The van der Waals surface area contributed by atoms with Crippen LogP contribution in [-0.4, -0.2) is 77.6 Å². The summed E-state index contributed by atoms with van der Waals surface area (Å²) in [6.45, 7) is 5.34. The molecule has 1 aromatic heterocycles. The molecular formula is C33H38N6O8. The van der Waals surface area contributed by atoms with Gasteiger partial charge in [-0.1, -0.05) is 49.3 Å². The summed E-state index contributed by atoms with van der Waals surface area (Å²) in [6.07, 6.45) is 0.482. The number of fused-ring (bicyclic) bond motifs is 3. The van der Waals surface area contributed by atoms with Crippen molar-refractivity contribution in [3.05, 3.63) is 77.2 Å². The largest absolute Gasteiger partial charge is 0.454 e. The molecule has 5 rings (SSSR count). The molecule has 2 aliphatic heterocycles. The van der Waals surface area contributed by atoms with E-state index in [1.54, 1.807) is 18.2 Å². The van der Waals surface area contributed by atoms with E-state index in [-0.39, 0.29) is 50.2 Å². The van der Waals surface area contributed by atoms with Gasteiger partial charge in [0, 0.05) is 31.1 Å². The lowest BCUT2D eigenvalue weighted by molar-refractivity contribution is -0.132. The number of rotatable bonds is 5. The van der Waals surface area contributed by atoms with E-state index in [2.05, 4.69) is 26.4 Å². The summed E-state index contributed by atoms with van der Waals surface area (Å²) in [7, 11) is 0. The van der Waals surface area contributed by atoms with Crippen LogP contribution < -0.4 is 30.7 Å². The molecule has 0 saturated heterocycles. The minimum Gasteiger partial charge on any atom is -0.454 e. The third kappa shape index (κ3) is 8.45. The maximum atomic E-state index is 13.7. The highest BCUT2D eigenvalue weighted by Crippen LogP contribution is 2.33. The highest BCUT2D eigenvalue weighted by molar-refractivity contribution is 5.98. The van der Waals surface area contributed by atoms with Crippen LogP contribution in [0.15, 0.2) is 59.1 Å². The van der Waals surface area contributed by atoms with Crippen LogP contribution in [0.3, 0.4) is 0 Å². The van der Waals surface area contributed by atoms with Crippen molar-refractivity contribution in [1.29, 1.82) is 0 Å². The predicted octanol–water partition coefficient (Wildman–Crippen LogP) is 1.55. The molecular weight excluding hydrogens is 608 g/mol. The molecule has 14 nitrogen and oxygen atoms in total. The number of carbonyl (C=O) groups is 5. The van der Waals surface area contributed by atoms with Gasteiger partial charge in [-0.2, -0.15) is 0 Å². The Morgan fingerprint density at radius 1 is 0.915 bits per heavy atom. The first kappa shape index (κ1) is 33.0. The molecule has 5 amide bonds. The van der Waals surface area contributed by atoms with Gasteiger partial charge in [-0.3, -0.25) is 24.0 Å². The summed E-state index contributed by atoms with van der Waals surface area (Å²) < 4.78 is 16.2. The fourth-order valence-corrected chi connectivity index (χ4v) is 5.25. The molecule has 0 spiro atoms. The number of ether oxygens (including phenoxy) is 2. The van der Waals surface area contributed by atoms with Crippen LogP contribution in [0.4, 0.5) is 0 Å². The molecule has 4 N–H and O–H groups in total. The first-order valence-electron chi connectivity index (χ1n) is 15.4. The smallest absolute Gasteiger partial charge is 0.274 e.